The minimum atomic E-state index is -1.23. The second-order valence-electron chi connectivity index (χ2n) is 2.45. The van der Waals surface area contributed by atoms with E-state index in [1.807, 2.05) is 0 Å². The molecule has 1 unspecified atom stereocenters. The van der Waals surface area contributed by atoms with Crippen LogP contribution in [0.25, 0.3) is 0 Å². The fourth-order valence-corrected chi connectivity index (χ4v) is 1.11. The highest BCUT2D eigenvalue weighted by Gasteiger charge is 2.22. The maximum Gasteiger partial charge on any atom is 0.343 e. The van der Waals surface area contributed by atoms with E-state index in [9.17, 15) is 4.79 Å². The average molecular weight is 165 g/mol. The topological polar surface area (TPSA) is 58.6 Å². The van der Waals surface area contributed by atoms with Crippen LogP contribution in [-0.4, -0.2) is 17.5 Å². The van der Waals surface area contributed by atoms with E-state index in [2.05, 4.69) is 10.1 Å². The van der Waals surface area contributed by atoms with Gasteiger partial charge in [0.2, 0.25) is 0 Å². The lowest BCUT2D eigenvalue weighted by atomic mass is 10.1. The Hall–Kier alpha value is -1.55. The third kappa shape index (κ3) is 1.02. The highest BCUT2D eigenvalue weighted by molar-refractivity contribution is 5.97. The van der Waals surface area contributed by atoms with Crippen LogP contribution < -0.4 is 5.32 Å². The number of esters is 1. The molecule has 2 rings (SSSR count). The molecule has 4 nitrogen and oxygen atoms in total. The number of benzene rings is 1. The summed E-state index contributed by atoms with van der Waals surface area (Å²) in [6, 6.07) is 6.85. The molecule has 0 saturated carbocycles. The van der Waals surface area contributed by atoms with Gasteiger partial charge in [0, 0.05) is 0 Å². The molecule has 1 atom stereocenters. The second kappa shape index (κ2) is 2.49. The summed E-state index contributed by atoms with van der Waals surface area (Å²) in [5, 5.41) is 11.6. The maximum atomic E-state index is 11.1. The lowest BCUT2D eigenvalue weighted by Gasteiger charge is -2.21. The van der Waals surface area contributed by atoms with Crippen molar-refractivity contribution >= 4 is 11.7 Å². The number of hydrogen-bond donors (Lipinski definition) is 2. The minimum absolute atomic E-state index is 0.447. The highest BCUT2D eigenvalue weighted by atomic mass is 16.7. The number of carbonyl (C=O) groups excluding carboxylic acids is 1. The van der Waals surface area contributed by atoms with Crippen LogP contribution in [0.3, 0.4) is 0 Å². The number of fused-ring (bicyclic) bond motifs is 1. The molecular weight excluding hydrogens is 158 g/mol. The van der Waals surface area contributed by atoms with Gasteiger partial charge in [-0.3, -0.25) is 0 Å². The van der Waals surface area contributed by atoms with Crippen molar-refractivity contribution in [3.05, 3.63) is 29.8 Å². The van der Waals surface area contributed by atoms with E-state index in [1.54, 1.807) is 24.3 Å². The Bertz CT molecular complexity index is 324. The first kappa shape index (κ1) is 7.12. The molecule has 4 heteroatoms. The van der Waals surface area contributed by atoms with E-state index in [0.29, 0.717) is 11.3 Å². The van der Waals surface area contributed by atoms with Crippen molar-refractivity contribution in [3.63, 3.8) is 0 Å². The number of ether oxygens (including phenoxy) is 1. The van der Waals surface area contributed by atoms with Gasteiger partial charge in [-0.25, -0.2) is 4.79 Å². The van der Waals surface area contributed by atoms with Gasteiger partial charge >= 0.3 is 5.97 Å². The lowest BCUT2D eigenvalue weighted by Crippen LogP contribution is -2.31. The van der Waals surface area contributed by atoms with Crippen LogP contribution in [0.15, 0.2) is 24.3 Å². The second-order valence-corrected chi connectivity index (χ2v) is 2.45. The molecule has 1 aliphatic heterocycles. The molecule has 1 aromatic carbocycles. The molecule has 0 bridgehead atoms. The molecule has 12 heavy (non-hydrogen) atoms. The summed E-state index contributed by atoms with van der Waals surface area (Å²) >= 11 is 0. The molecule has 2 N–H and O–H groups in total. The van der Waals surface area contributed by atoms with Gasteiger partial charge in [-0.05, 0) is 12.1 Å². The van der Waals surface area contributed by atoms with Gasteiger partial charge in [-0.2, -0.15) is 0 Å². The molecule has 0 amide bonds. The first-order valence-electron chi connectivity index (χ1n) is 3.52. The number of hydrogen-bond acceptors (Lipinski definition) is 4. The van der Waals surface area contributed by atoms with Crippen LogP contribution in [0.4, 0.5) is 5.69 Å². The number of aliphatic hydroxyl groups is 1. The number of cyclic esters (lactones) is 1. The normalized spacial score (nSPS) is 20.8. The lowest BCUT2D eigenvalue weighted by molar-refractivity contribution is -0.0502. The quantitative estimate of drug-likeness (QED) is 0.551. The molecule has 1 aliphatic rings. The molecule has 0 radical (unpaired) electrons. The molecule has 0 saturated heterocycles. The Morgan fingerprint density at radius 1 is 1.42 bits per heavy atom. The Morgan fingerprint density at radius 3 is 3.00 bits per heavy atom. The first-order chi connectivity index (χ1) is 5.77. The van der Waals surface area contributed by atoms with Crippen LogP contribution in [-0.2, 0) is 4.74 Å². The number of aliphatic hydroxyl groups excluding tert-OH is 1. The van der Waals surface area contributed by atoms with Crippen molar-refractivity contribution in [2.45, 2.75) is 6.41 Å². The van der Waals surface area contributed by atoms with Gasteiger partial charge < -0.3 is 15.2 Å². The highest BCUT2D eigenvalue weighted by Crippen LogP contribution is 2.21. The van der Waals surface area contributed by atoms with Crippen LogP contribution in [0.2, 0.25) is 0 Å². The number of anilines is 1. The summed E-state index contributed by atoms with van der Waals surface area (Å²) in [6.45, 7) is 0. The van der Waals surface area contributed by atoms with Crippen molar-refractivity contribution < 1.29 is 14.6 Å². The zero-order valence-electron chi connectivity index (χ0n) is 6.15. The summed E-state index contributed by atoms with van der Waals surface area (Å²) < 4.78 is 4.52. The van der Waals surface area contributed by atoms with Gasteiger partial charge in [0.15, 0.2) is 0 Å². The summed E-state index contributed by atoms with van der Waals surface area (Å²) in [7, 11) is 0. The molecule has 1 heterocycles. The van der Waals surface area contributed by atoms with E-state index in [-0.39, 0.29) is 0 Å². The molecular formula is C8H7NO3. The summed E-state index contributed by atoms with van der Waals surface area (Å²) in [5.74, 6) is -0.503. The number of nitrogens with one attached hydrogen (secondary N) is 1. The third-order valence-corrected chi connectivity index (χ3v) is 1.64. The Balaban J connectivity index is 2.47. The summed E-state index contributed by atoms with van der Waals surface area (Å²) in [5.41, 5.74) is 1.05. The molecule has 0 aromatic heterocycles. The minimum Gasteiger partial charge on any atom is -0.413 e. The molecule has 0 aliphatic carbocycles. The van der Waals surface area contributed by atoms with Crippen molar-refractivity contribution in [1.82, 2.24) is 0 Å². The van der Waals surface area contributed by atoms with Crippen LogP contribution in [0.5, 0.6) is 0 Å². The Labute approximate surface area is 68.8 Å². The molecule has 0 fully saturated rings. The fraction of sp³-hybridized carbons (Fsp3) is 0.125. The SMILES string of the molecule is O=C1OC(O)Nc2ccccc21. The molecule has 0 spiro atoms. The van der Waals surface area contributed by atoms with E-state index in [1.165, 1.54) is 0 Å². The first-order valence-corrected chi connectivity index (χ1v) is 3.52. The Morgan fingerprint density at radius 2 is 2.17 bits per heavy atom. The van der Waals surface area contributed by atoms with Gasteiger partial charge in [0.25, 0.3) is 6.41 Å². The van der Waals surface area contributed by atoms with E-state index in [4.69, 9.17) is 5.11 Å². The van der Waals surface area contributed by atoms with E-state index in [0.717, 1.165) is 0 Å². The summed E-state index contributed by atoms with van der Waals surface area (Å²) in [4.78, 5) is 11.1. The van der Waals surface area contributed by atoms with Crippen molar-refractivity contribution in [1.29, 1.82) is 0 Å². The van der Waals surface area contributed by atoms with Crippen LogP contribution in [0, 0.1) is 0 Å². The molecule has 62 valence electrons. The summed E-state index contributed by atoms with van der Waals surface area (Å²) in [6.07, 6.45) is -1.23. The van der Waals surface area contributed by atoms with Crippen molar-refractivity contribution in [3.8, 4) is 0 Å². The predicted molar refractivity (Wildman–Crippen MR) is 41.5 cm³/mol. The zero-order valence-corrected chi connectivity index (χ0v) is 6.15. The Kier molecular flexibility index (Phi) is 1.48. The van der Waals surface area contributed by atoms with Gasteiger partial charge in [-0.1, -0.05) is 12.1 Å². The number of para-hydroxylation sites is 1. The van der Waals surface area contributed by atoms with E-state index < -0.39 is 12.4 Å². The van der Waals surface area contributed by atoms with Gasteiger partial charge in [0.1, 0.15) is 0 Å². The predicted octanol–water partition coefficient (Wildman–Crippen LogP) is 0.545. The maximum absolute atomic E-state index is 11.1. The smallest absolute Gasteiger partial charge is 0.343 e. The van der Waals surface area contributed by atoms with Gasteiger partial charge in [-0.15, -0.1) is 0 Å². The fourth-order valence-electron chi connectivity index (χ4n) is 1.11. The standard InChI is InChI=1S/C8H7NO3/c10-7-5-3-1-2-4-6(5)9-8(11)12-7/h1-4,8-9,11H. The van der Waals surface area contributed by atoms with Crippen LogP contribution >= 0.6 is 0 Å². The van der Waals surface area contributed by atoms with E-state index >= 15 is 0 Å². The largest absolute Gasteiger partial charge is 0.413 e. The monoisotopic (exact) mass is 165 g/mol. The van der Waals surface area contributed by atoms with Crippen molar-refractivity contribution in [2.24, 2.45) is 0 Å². The van der Waals surface area contributed by atoms with Crippen molar-refractivity contribution in [2.75, 3.05) is 5.32 Å². The number of rotatable bonds is 0. The zero-order chi connectivity index (χ0) is 8.55. The molecule has 1 aromatic rings. The number of carbonyl (C=O) groups is 1. The third-order valence-electron chi connectivity index (χ3n) is 1.64. The van der Waals surface area contributed by atoms with Gasteiger partial charge in [0.05, 0.1) is 11.3 Å². The van der Waals surface area contributed by atoms with Crippen LogP contribution in [0.1, 0.15) is 10.4 Å². The average Bonchev–Trinajstić information content (AvgIpc) is 2.04.